The molecular formula is C41H41ClF3N7O5S. The summed E-state index contributed by atoms with van der Waals surface area (Å²) in [6, 6.07) is 3.31. The molecular weight excluding hydrogens is 795 g/mol. The quantitative estimate of drug-likeness (QED) is 0.143. The Bertz CT molecular complexity index is 2480. The van der Waals surface area contributed by atoms with E-state index in [-0.39, 0.29) is 73.9 Å². The van der Waals surface area contributed by atoms with E-state index in [9.17, 15) is 19.2 Å². The second-order valence-corrected chi connectivity index (χ2v) is 17.8. The molecule has 0 radical (unpaired) electrons. The number of halogens is 4. The summed E-state index contributed by atoms with van der Waals surface area (Å²) in [5.74, 6) is -2.03. The molecule has 4 aromatic rings. The monoisotopic (exact) mass is 835 g/mol. The Hall–Kier alpha value is -4.85. The molecule has 17 heteroatoms. The van der Waals surface area contributed by atoms with Crippen molar-refractivity contribution < 1.29 is 37.0 Å². The predicted molar refractivity (Wildman–Crippen MR) is 213 cm³/mol. The second-order valence-electron chi connectivity index (χ2n) is 16.3. The molecule has 5 aliphatic rings. The highest BCUT2D eigenvalue weighted by Gasteiger charge is 2.52. The fourth-order valence-electron chi connectivity index (χ4n) is 9.96. The third-order valence-corrected chi connectivity index (χ3v) is 13.9. The summed E-state index contributed by atoms with van der Waals surface area (Å²) in [5.41, 5.74) is 6.43. The molecule has 0 spiro atoms. The Morgan fingerprint density at radius 3 is 2.69 bits per heavy atom. The van der Waals surface area contributed by atoms with Crippen molar-refractivity contribution in [2.24, 2.45) is 5.92 Å². The van der Waals surface area contributed by atoms with Crippen LogP contribution in [0, 0.1) is 28.9 Å². The zero-order chi connectivity index (χ0) is 40.9. The molecule has 6 atom stereocenters. The Balaban J connectivity index is 1.18. The van der Waals surface area contributed by atoms with Gasteiger partial charge in [-0.05, 0) is 55.9 Å². The smallest absolute Gasteiger partial charge is 0.413 e. The number of nitrogens with two attached hydrogens (primary N) is 1. The van der Waals surface area contributed by atoms with E-state index in [0.717, 1.165) is 30.7 Å². The molecule has 12 nitrogen and oxygen atoms in total. The number of benzene rings is 2. The van der Waals surface area contributed by atoms with Crippen LogP contribution >= 0.6 is 22.9 Å². The maximum Gasteiger partial charge on any atom is 0.413 e. The number of esters is 1. The Morgan fingerprint density at radius 2 is 1.93 bits per heavy atom. The van der Waals surface area contributed by atoms with Crippen LogP contribution in [0.4, 0.5) is 28.8 Å². The maximum atomic E-state index is 17.6. The largest absolute Gasteiger partial charge is 0.461 e. The minimum Gasteiger partial charge on any atom is -0.461 e. The molecule has 304 valence electrons. The van der Waals surface area contributed by atoms with Crippen molar-refractivity contribution in [3.8, 4) is 23.2 Å². The van der Waals surface area contributed by atoms with Crippen LogP contribution in [-0.2, 0) is 14.3 Å². The van der Waals surface area contributed by atoms with Crippen molar-refractivity contribution in [2.75, 3.05) is 36.9 Å². The normalized spacial score (nSPS) is 25.5. The van der Waals surface area contributed by atoms with Crippen molar-refractivity contribution >= 4 is 72.4 Å². The number of piperazine rings is 1. The molecule has 1 unspecified atom stereocenters. The average molecular weight is 836 g/mol. The van der Waals surface area contributed by atoms with Crippen molar-refractivity contribution in [3.63, 3.8) is 0 Å². The van der Waals surface area contributed by atoms with Gasteiger partial charge in [-0.3, -0.25) is 14.6 Å². The van der Waals surface area contributed by atoms with Gasteiger partial charge in [0.1, 0.15) is 41.0 Å². The molecule has 5 aliphatic heterocycles. The van der Waals surface area contributed by atoms with Crippen molar-refractivity contribution in [1.29, 1.82) is 5.26 Å². The Labute approximate surface area is 341 Å². The topological polar surface area (TPSA) is 147 Å². The van der Waals surface area contributed by atoms with E-state index in [2.05, 4.69) is 16.5 Å². The maximum absolute atomic E-state index is 17.6. The SMILES string of the molecule is C=C1C[C@@H]2[C@@H]3CC[C@H](CN2c2nc(OC[C@@]45CCCN4C[C@H](F)C5)nc4c(F)c(-c5ccc(F)c6sc(N)c(C#N)c56)c(Cl)c1c24)N3C(=O)OC(C)OC(=O)C(C)C. The number of hydrogen-bond acceptors (Lipinski definition) is 12. The average Bonchev–Trinajstić information content (AvgIpc) is 3.89. The van der Waals surface area contributed by atoms with Crippen LogP contribution in [0.25, 0.3) is 37.7 Å². The van der Waals surface area contributed by atoms with Crippen LogP contribution < -0.4 is 15.4 Å². The lowest BCUT2D eigenvalue weighted by Gasteiger charge is -2.46. The number of anilines is 2. The molecule has 2 bridgehead atoms. The van der Waals surface area contributed by atoms with Crippen molar-refractivity contribution in [1.82, 2.24) is 19.8 Å². The number of rotatable bonds is 7. The van der Waals surface area contributed by atoms with Gasteiger partial charge in [-0.2, -0.15) is 15.2 Å². The molecule has 7 heterocycles. The minimum atomic E-state index is -1.12. The van der Waals surface area contributed by atoms with Gasteiger partial charge in [-0.25, -0.2) is 18.0 Å². The van der Waals surface area contributed by atoms with Crippen LogP contribution in [0.1, 0.15) is 70.4 Å². The van der Waals surface area contributed by atoms with Crippen LogP contribution in [0.15, 0.2) is 18.7 Å². The summed E-state index contributed by atoms with van der Waals surface area (Å²) >= 11 is 8.19. The molecule has 58 heavy (non-hydrogen) atoms. The first-order valence-electron chi connectivity index (χ1n) is 19.5. The van der Waals surface area contributed by atoms with Gasteiger partial charge < -0.3 is 24.8 Å². The zero-order valence-electron chi connectivity index (χ0n) is 32.1. The standard InChI is InChI=1S/C41H41ClF3N7O5S/c1-18(2)38(53)56-20(4)57-40(54)52-22-6-9-26(52)27-12-19(3)28-31-34(33(45)30(32(28)42)23-7-8-25(44)35-29(23)24(14-46)36(47)58-35)48-39(49-37(31)51(27)16-22)55-17-41-10-5-11-50(41)15-21(43)13-41/h7-8,18,20-22,26-27H,3,5-6,9-13,15-17,47H2,1-2,4H3/t20?,21-,22-,26+,27-,41+/m1/s1. The van der Waals surface area contributed by atoms with Crippen LogP contribution in [0.3, 0.4) is 0 Å². The highest BCUT2D eigenvalue weighted by Crippen LogP contribution is 2.53. The Kier molecular flexibility index (Phi) is 9.44. The molecule has 4 fully saturated rings. The van der Waals surface area contributed by atoms with Gasteiger partial charge >= 0.3 is 18.1 Å². The lowest BCUT2D eigenvalue weighted by Crippen LogP contribution is -2.61. The van der Waals surface area contributed by atoms with Gasteiger partial charge in [-0.15, -0.1) is 11.3 Å². The molecule has 2 aromatic heterocycles. The predicted octanol–water partition coefficient (Wildman–Crippen LogP) is 7.97. The number of nitrogen functional groups attached to an aromatic ring is 1. The molecule has 0 saturated carbocycles. The molecule has 1 amide bonds. The van der Waals surface area contributed by atoms with E-state index in [1.54, 1.807) is 18.7 Å². The number of ether oxygens (including phenoxy) is 3. The number of nitriles is 1. The van der Waals surface area contributed by atoms with E-state index < -0.39 is 59.7 Å². The number of alkyl halides is 1. The van der Waals surface area contributed by atoms with Crippen LogP contribution in [0.5, 0.6) is 6.01 Å². The van der Waals surface area contributed by atoms with Gasteiger partial charge in [-0.1, -0.05) is 38.1 Å². The number of carbonyl (C=O) groups excluding carboxylic acids is 2. The van der Waals surface area contributed by atoms with E-state index in [1.165, 1.54) is 19.1 Å². The Morgan fingerprint density at radius 1 is 1.14 bits per heavy atom. The van der Waals surface area contributed by atoms with E-state index in [1.807, 2.05) is 11.0 Å². The second kappa shape index (κ2) is 14.2. The molecule has 0 aliphatic carbocycles. The third kappa shape index (κ3) is 5.94. The fraction of sp³-hybridized carbons (Fsp3) is 0.488. The molecule has 2 aromatic carbocycles. The first-order valence-corrected chi connectivity index (χ1v) is 20.7. The summed E-state index contributed by atoms with van der Waals surface area (Å²) in [4.78, 5) is 41.5. The van der Waals surface area contributed by atoms with Gasteiger partial charge in [0, 0.05) is 42.9 Å². The van der Waals surface area contributed by atoms with Crippen molar-refractivity contribution in [3.05, 3.63) is 46.5 Å². The first kappa shape index (κ1) is 38.7. The summed E-state index contributed by atoms with van der Waals surface area (Å²) in [6.07, 6.45) is 0.718. The third-order valence-electron chi connectivity index (χ3n) is 12.5. The summed E-state index contributed by atoms with van der Waals surface area (Å²) < 4.78 is 65.1. The van der Waals surface area contributed by atoms with E-state index in [0.29, 0.717) is 48.1 Å². The summed E-state index contributed by atoms with van der Waals surface area (Å²) in [7, 11) is 0. The number of hydrogen-bond donors (Lipinski definition) is 1. The van der Waals surface area contributed by atoms with Gasteiger partial charge in [0.25, 0.3) is 0 Å². The van der Waals surface area contributed by atoms with Crippen molar-refractivity contribution in [2.45, 2.75) is 95.4 Å². The lowest BCUT2D eigenvalue weighted by molar-refractivity contribution is -0.170. The first-order chi connectivity index (χ1) is 27.7. The number of fused-ring (bicyclic) bond motifs is 7. The lowest BCUT2D eigenvalue weighted by atomic mass is 9.90. The van der Waals surface area contributed by atoms with E-state index >= 15 is 8.78 Å². The number of nitrogens with zero attached hydrogens (tertiary/aromatic N) is 6. The number of amides is 1. The van der Waals surface area contributed by atoms with Crippen LogP contribution in [0.2, 0.25) is 5.02 Å². The van der Waals surface area contributed by atoms with Gasteiger partial charge in [0.2, 0.25) is 6.29 Å². The number of carbonyl (C=O) groups is 2. The van der Waals surface area contributed by atoms with E-state index in [4.69, 9.17) is 36.5 Å². The van der Waals surface area contributed by atoms with Gasteiger partial charge in [0.15, 0.2) is 5.82 Å². The number of thiophene rings is 1. The van der Waals surface area contributed by atoms with Gasteiger partial charge in [0.05, 0.1) is 50.3 Å². The van der Waals surface area contributed by atoms with Crippen LogP contribution in [-0.4, -0.2) is 94.2 Å². The highest BCUT2D eigenvalue weighted by molar-refractivity contribution is 7.23. The fourth-order valence-corrected chi connectivity index (χ4v) is 11.3. The molecule has 4 saturated heterocycles. The molecule has 2 N–H and O–H groups in total. The minimum absolute atomic E-state index is 0.00122. The highest BCUT2D eigenvalue weighted by atomic mass is 35.5. The molecule has 9 rings (SSSR count). The number of aromatic nitrogens is 2. The zero-order valence-corrected chi connectivity index (χ0v) is 33.7. The summed E-state index contributed by atoms with van der Waals surface area (Å²) in [6.45, 7) is 10.8. The summed E-state index contributed by atoms with van der Waals surface area (Å²) in [5, 5.41) is 10.6.